The number of carboxylic acids is 1. The van der Waals surface area contributed by atoms with Gasteiger partial charge in [-0.3, -0.25) is 15.6 Å². The highest BCUT2D eigenvalue weighted by Gasteiger charge is 2.12. The zero-order valence-corrected chi connectivity index (χ0v) is 13.2. The van der Waals surface area contributed by atoms with Gasteiger partial charge in [0.15, 0.2) is 0 Å². The van der Waals surface area contributed by atoms with Crippen molar-refractivity contribution in [1.82, 2.24) is 5.43 Å². The number of carboxylic acid groups (broad SMARTS) is 1. The van der Waals surface area contributed by atoms with E-state index in [1.807, 2.05) is 0 Å². The maximum atomic E-state index is 11.9. The van der Waals surface area contributed by atoms with Crippen molar-refractivity contribution in [3.8, 4) is 0 Å². The van der Waals surface area contributed by atoms with Crippen LogP contribution in [-0.4, -0.2) is 17.0 Å². The van der Waals surface area contributed by atoms with Gasteiger partial charge in [-0.25, -0.2) is 4.79 Å². The summed E-state index contributed by atoms with van der Waals surface area (Å²) in [7, 11) is 0. The molecule has 0 aromatic heterocycles. The summed E-state index contributed by atoms with van der Waals surface area (Å²) in [6.45, 7) is 0. The van der Waals surface area contributed by atoms with Crippen molar-refractivity contribution in [3.05, 3.63) is 70.2 Å². The van der Waals surface area contributed by atoms with E-state index in [0.717, 1.165) is 6.08 Å². The summed E-state index contributed by atoms with van der Waals surface area (Å²) >= 11 is 11.7. The molecule has 2 rings (SSSR count). The average Bonchev–Trinajstić information content (AvgIpc) is 2.52. The number of hydrogen-bond acceptors (Lipinski definition) is 3. The Kier molecular flexibility index (Phi) is 5.62. The largest absolute Gasteiger partial charge is 0.478 e. The van der Waals surface area contributed by atoms with E-state index in [1.54, 1.807) is 42.5 Å². The molecule has 0 heterocycles. The Balaban J connectivity index is 2.11. The third kappa shape index (κ3) is 4.74. The first kappa shape index (κ1) is 16.9. The molecule has 1 amide bonds. The Morgan fingerprint density at radius 1 is 1.04 bits per heavy atom. The van der Waals surface area contributed by atoms with Crippen LogP contribution < -0.4 is 10.9 Å². The van der Waals surface area contributed by atoms with Gasteiger partial charge in [-0.1, -0.05) is 53.5 Å². The Morgan fingerprint density at radius 3 is 2.35 bits per heavy atom. The molecule has 0 radical (unpaired) electrons. The number of hydrazine groups is 1. The molecule has 0 fully saturated rings. The van der Waals surface area contributed by atoms with E-state index in [1.165, 1.54) is 6.07 Å². The second-order valence-corrected chi connectivity index (χ2v) is 5.31. The van der Waals surface area contributed by atoms with E-state index in [9.17, 15) is 14.7 Å². The van der Waals surface area contributed by atoms with Gasteiger partial charge in [-0.05, 0) is 23.8 Å². The lowest BCUT2D eigenvalue weighted by molar-refractivity contribution is -0.130. The molecular weight excluding hydrogens is 339 g/mol. The predicted octanol–water partition coefficient (Wildman–Crippen LogP) is 3.60. The Labute approximate surface area is 142 Å². The Bertz CT molecular complexity index is 761. The van der Waals surface area contributed by atoms with Crippen LogP contribution in [0.2, 0.25) is 10.0 Å². The van der Waals surface area contributed by atoms with E-state index in [4.69, 9.17) is 23.2 Å². The minimum Gasteiger partial charge on any atom is -0.478 e. The first-order chi connectivity index (χ1) is 11.0. The van der Waals surface area contributed by atoms with Crippen molar-refractivity contribution < 1.29 is 14.7 Å². The van der Waals surface area contributed by atoms with Gasteiger partial charge in [0.05, 0.1) is 16.3 Å². The minimum absolute atomic E-state index is 0.118. The maximum absolute atomic E-state index is 11.9. The molecule has 5 nitrogen and oxygen atoms in total. The Morgan fingerprint density at radius 2 is 1.74 bits per heavy atom. The summed E-state index contributed by atoms with van der Waals surface area (Å²) < 4.78 is 0. The molecule has 118 valence electrons. The van der Waals surface area contributed by atoms with Crippen molar-refractivity contribution in [2.45, 2.75) is 0 Å². The van der Waals surface area contributed by atoms with Crippen LogP contribution in [0.4, 0.5) is 5.69 Å². The molecule has 0 bridgehead atoms. The summed E-state index contributed by atoms with van der Waals surface area (Å²) in [5.74, 6) is -1.83. The minimum atomic E-state index is -1.20. The molecule has 0 aliphatic carbocycles. The fourth-order valence-corrected chi connectivity index (χ4v) is 2.23. The van der Waals surface area contributed by atoms with Crippen LogP contribution in [0.5, 0.6) is 0 Å². The second-order valence-electron chi connectivity index (χ2n) is 4.47. The molecule has 0 atom stereocenters. The molecular formula is C16H12Cl2N2O3. The van der Waals surface area contributed by atoms with Gasteiger partial charge in [0.25, 0.3) is 5.91 Å². The molecule has 3 N–H and O–H groups in total. The molecule has 23 heavy (non-hydrogen) atoms. The third-order valence-corrected chi connectivity index (χ3v) is 3.39. The molecule has 0 aliphatic rings. The average molecular weight is 351 g/mol. The van der Waals surface area contributed by atoms with Crippen LogP contribution in [0.15, 0.2) is 54.6 Å². The standard InChI is InChI=1S/C16H12Cl2N2O3/c17-11-6-7-14(13(18)8-11)19-20-15(21)9-12(16(22)23)10-4-2-1-3-5-10/h1-9,19H,(H,20,21)(H,22,23)/b12-9-. The van der Waals surface area contributed by atoms with Gasteiger partial charge in [-0.2, -0.15) is 0 Å². The lowest BCUT2D eigenvalue weighted by Crippen LogP contribution is -2.28. The molecule has 0 aliphatic heterocycles. The number of carbonyl (C=O) groups excluding carboxylic acids is 1. The van der Waals surface area contributed by atoms with Gasteiger partial charge < -0.3 is 5.11 Å². The van der Waals surface area contributed by atoms with Crippen LogP contribution >= 0.6 is 23.2 Å². The van der Waals surface area contributed by atoms with E-state index < -0.39 is 11.9 Å². The number of amides is 1. The van der Waals surface area contributed by atoms with E-state index in [2.05, 4.69) is 10.9 Å². The summed E-state index contributed by atoms with van der Waals surface area (Å²) in [4.78, 5) is 23.2. The topological polar surface area (TPSA) is 78.4 Å². The predicted molar refractivity (Wildman–Crippen MR) is 90.3 cm³/mol. The van der Waals surface area contributed by atoms with Crippen LogP contribution in [0, 0.1) is 0 Å². The van der Waals surface area contributed by atoms with Gasteiger partial charge in [0.1, 0.15) is 0 Å². The number of rotatable bonds is 5. The van der Waals surface area contributed by atoms with Gasteiger partial charge in [0, 0.05) is 11.1 Å². The SMILES string of the molecule is O=C(/C=C(\C(=O)O)c1ccccc1)NNc1ccc(Cl)cc1Cl. The molecule has 7 heteroatoms. The Hall–Kier alpha value is -2.50. The zero-order valence-electron chi connectivity index (χ0n) is 11.7. The maximum Gasteiger partial charge on any atom is 0.336 e. The molecule has 0 spiro atoms. The first-order valence-corrected chi connectivity index (χ1v) is 7.24. The highest BCUT2D eigenvalue weighted by atomic mass is 35.5. The van der Waals surface area contributed by atoms with Crippen molar-refractivity contribution in [2.75, 3.05) is 5.43 Å². The van der Waals surface area contributed by atoms with Crippen molar-refractivity contribution >= 4 is 46.3 Å². The summed E-state index contributed by atoms with van der Waals surface area (Å²) in [5, 5.41) is 10.0. The molecule has 0 saturated carbocycles. The van der Waals surface area contributed by atoms with Gasteiger partial charge in [0.2, 0.25) is 0 Å². The molecule has 0 unspecified atom stereocenters. The highest BCUT2D eigenvalue weighted by molar-refractivity contribution is 6.36. The van der Waals surface area contributed by atoms with E-state index >= 15 is 0 Å². The fourth-order valence-electron chi connectivity index (χ4n) is 1.77. The van der Waals surface area contributed by atoms with Crippen molar-refractivity contribution in [3.63, 3.8) is 0 Å². The molecule has 2 aromatic carbocycles. The highest BCUT2D eigenvalue weighted by Crippen LogP contribution is 2.24. The number of carbonyl (C=O) groups is 2. The quantitative estimate of drug-likeness (QED) is 0.568. The number of aliphatic carboxylic acids is 1. The third-order valence-electron chi connectivity index (χ3n) is 2.84. The molecule has 2 aromatic rings. The zero-order chi connectivity index (χ0) is 16.8. The first-order valence-electron chi connectivity index (χ1n) is 6.49. The van der Waals surface area contributed by atoms with Gasteiger partial charge in [-0.15, -0.1) is 0 Å². The number of anilines is 1. The summed E-state index contributed by atoms with van der Waals surface area (Å²) in [6, 6.07) is 13.1. The van der Waals surface area contributed by atoms with Crippen LogP contribution in [0.3, 0.4) is 0 Å². The normalized spacial score (nSPS) is 11.0. The van der Waals surface area contributed by atoms with Crippen LogP contribution in [0.1, 0.15) is 5.56 Å². The van der Waals surface area contributed by atoms with Crippen LogP contribution in [-0.2, 0) is 9.59 Å². The van der Waals surface area contributed by atoms with E-state index in [-0.39, 0.29) is 5.57 Å². The van der Waals surface area contributed by atoms with Crippen LogP contribution in [0.25, 0.3) is 5.57 Å². The summed E-state index contributed by atoms with van der Waals surface area (Å²) in [6.07, 6.45) is 0.995. The lowest BCUT2D eigenvalue weighted by atomic mass is 10.1. The number of hydrogen-bond donors (Lipinski definition) is 3. The lowest BCUT2D eigenvalue weighted by Gasteiger charge is -2.09. The van der Waals surface area contributed by atoms with E-state index in [0.29, 0.717) is 21.3 Å². The number of halogens is 2. The van der Waals surface area contributed by atoms with Gasteiger partial charge >= 0.3 is 5.97 Å². The molecule has 0 saturated heterocycles. The summed E-state index contributed by atoms with van der Waals surface area (Å²) in [5.41, 5.74) is 5.72. The van der Waals surface area contributed by atoms with Crippen molar-refractivity contribution in [1.29, 1.82) is 0 Å². The monoisotopic (exact) mass is 350 g/mol. The smallest absolute Gasteiger partial charge is 0.336 e. The number of nitrogens with one attached hydrogen (secondary N) is 2. The number of benzene rings is 2. The fraction of sp³-hybridized carbons (Fsp3) is 0. The van der Waals surface area contributed by atoms with Crippen molar-refractivity contribution in [2.24, 2.45) is 0 Å². The second kappa shape index (κ2) is 7.67.